The molecule has 0 aliphatic carbocycles. The van der Waals surface area contributed by atoms with E-state index in [1.807, 2.05) is 11.1 Å². The van der Waals surface area contributed by atoms with E-state index in [4.69, 9.17) is 4.98 Å². The number of rotatable bonds is 2. The SMILES string of the molecule is CC(=O)N1CCC(c2cc3nc(C(C)C)cnc3n2C)CC1. The third-order valence-corrected chi connectivity index (χ3v) is 4.74. The van der Waals surface area contributed by atoms with Gasteiger partial charge in [-0.2, -0.15) is 0 Å². The number of amides is 1. The number of fused-ring (bicyclic) bond motifs is 1. The first kappa shape index (κ1) is 15.0. The highest BCUT2D eigenvalue weighted by atomic mass is 16.2. The van der Waals surface area contributed by atoms with E-state index in [9.17, 15) is 4.79 Å². The first-order valence-corrected chi connectivity index (χ1v) is 8.05. The van der Waals surface area contributed by atoms with Crippen molar-refractivity contribution in [3.63, 3.8) is 0 Å². The quantitative estimate of drug-likeness (QED) is 0.857. The number of aryl methyl sites for hydroxylation is 1. The Morgan fingerprint density at radius 2 is 2.00 bits per heavy atom. The van der Waals surface area contributed by atoms with Crippen molar-refractivity contribution in [2.45, 2.75) is 45.4 Å². The van der Waals surface area contributed by atoms with E-state index < -0.39 is 0 Å². The van der Waals surface area contributed by atoms with E-state index in [2.05, 4.69) is 36.5 Å². The van der Waals surface area contributed by atoms with Crippen LogP contribution < -0.4 is 0 Å². The molecule has 0 saturated carbocycles. The molecule has 22 heavy (non-hydrogen) atoms. The molecule has 3 rings (SSSR count). The molecule has 2 aromatic heterocycles. The van der Waals surface area contributed by atoms with Crippen molar-refractivity contribution >= 4 is 17.1 Å². The van der Waals surface area contributed by atoms with Gasteiger partial charge >= 0.3 is 0 Å². The topological polar surface area (TPSA) is 51.0 Å². The Hall–Kier alpha value is -1.91. The van der Waals surface area contributed by atoms with Crippen LogP contribution in [0.15, 0.2) is 12.3 Å². The minimum absolute atomic E-state index is 0.181. The van der Waals surface area contributed by atoms with Gasteiger partial charge in [-0.05, 0) is 24.8 Å². The molecular weight excluding hydrogens is 276 g/mol. The van der Waals surface area contributed by atoms with E-state index in [-0.39, 0.29) is 5.91 Å². The van der Waals surface area contributed by atoms with E-state index >= 15 is 0 Å². The lowest BCUT2D eigenvalue weighted by molar-refractivity contribution is -0.129. The van der Waals surface area contributed by atoms with Crippen molar-refractivity contribution in [2.75, 3.05) is 13.1 Å². The molecule has 1 saturated heterocycles. The number of hydrogen-bond donors (Lipinski definition) is 0. The van der Waals surface area contributed by atoms with Crippen LogP contribution in [0.1, 0.15) is 56.8 Å². The van der Waals surface area contributed by atoms with Crippen LogP contribution in [0.3, 0.4) is 0 Å². The number of likely N-dealkylation sites (tertiary alicyclic amines) is 1. The maximum absolute atomic E-state index is 11.5. The minimum Gasteiger partial charge on any atom is -0.343 e. The van der Waals surface area contributed by atoms with Gasteiger partial charge < -0.3 is 9.47 Å². The van der Waals surface area contributed by atoms with Crippen LogP contribution in [0.5, 0.6) is 0 Å². The predicted molar refractivity (Wildman–Crippen MR) is 86.8 cm³/mol. The minimum atomic E-state index is 0.181. The molecule has 1 amide bonds. The lowest BCUT2D eigenvalue weighted by atomic mass is 9.93. The summed E-state index contributed by atoms with van der Waals surface area (Å²) in [5, 5.41) is 0. The van der Waals surface area contributed by atoms with Gasteiger partial charge in [-0.15, -0.1) is 0 Å². The lowest BCUT2D eigenvalue weighted by Crippen LogP contribution is -2.36. The Labute approximate surface area is 131 Å². The van der Waals surface area contributed by atoms with Crippen LogP contribution in [0.4, 0.5) is 0 Å². The molecule has 3 heterocycles. The van der Waals surface area contributed by atoms with Crippen molar-refractivity contribution < 1.29 is 4.79 Å². The molecule has 0 aromatic carbocycles. The zero-order chi connectivity index (χ0) is 15.9. The van der Waals surface area contributed by atoms with Crippen molar-refractivity contribution in [1.82, 2.24) is 19.4 Å². The average molecular weight is 300 g/mol. The second kappa shape index (κ2) is 5.71. The van der Waals surface area contributed by atoms with Crippen LogP contribution >= 0.6 is 0 Å². The van der Waals surface area contributed by atoms with Gasteiger partial charge in [0.1, 0.15) is 5.52 Å². The van der Waals surface area contributed by atoms with E-state index in [0.717, 1.165) is 42.8 Å². The summed E-state index contributed by atoms with van der Waals surface area (Å²) in [6.45, 7) is 7.62. The summed E-state index contributed by atoms with van der Waals surface area (Å²) in [5.74, 6) is 1.05. The molecule has 0 N–H and O–H groups in total. The average Bonchev–Trinajstić information content (AvgIpc) is 2.84. The fourth-order valence-corrected chi connectivity index (χ4v) is 3.29. The fourth-order valence-electron chi connectivity index (χ4n) is 3.29. The maximum Gasteiger partial charge on any atom is 0.219 e. The Balaban J connectivity index is 1.88. The Morgan fingerprint density at radius 3 is 2.59 bits per heavy atom. The Kier molecular flexibility index (Phi) is 3.89. The third-order valence-electron chi connectivity index (χ3n) is 4.74. The second-order valence-corrected chi connectivity index (χ2v) is 6.57. The summed E-state index contributed by atoms with van der Waals surface area (Å²) in [7, 11) is 2.07. The zero-order valence-corrected chi connectivity index (χ0v) is 13.8. The molecule has 5 heteroatoms. The van der Waals surface area contributed by atoms with Crippen LogP contribution in [0.2, 0.25) is 0 Å². The second-order valence-electron chi connectivity index (χ2n) is 6.57. The van der Waals surface area contributed by atoms with E-state index in [1.165, 1.54) is 5.69 Å². The number of carbonyl (C=O) groups excluding carboxylic acids is 1. The Morgan fingerprint density at radius 1 is 1.32 bits per heavy atom. The van der Waals surface area contributed by atoms with Crippen molar-refractivity contribution in [2.24, 2.45) is 7.05 Å². The van der Waals surface area contributed by atoms with Gasteiger partial charge in [0.05, 0.1) is 11.9 Å². The molecule has 1 aliphatic heterocycles. The van der Waals surface area contributed by atoms with Crippen molar-refractivity contribution in [1.29, 1.82) is 0 Å². The highest BCUT2D eigenvalue weighted by Crippen LogP contribution is 2.31. The van der Waals surface area contributed by atoms with Gasteiger partial charge in [-0.3, -0.25) is 4.79 Å². The summed E-state index contributed by atoms with van der Waals surface area (Å²) >= 11 is 0. The Bertz CT molecular complexity index is 696. The van der Waals surface area contributed by atoms with Crippen LogP contribution in [0.25, 0.3) is 11.2 Å². The molecular formula is C17H24N4O. The summed E-state index contributed by atoms with van der Waals surface area (Å²) in [4.78, 5) is 22.7. The normalized spacial score (nSPS) is 16.7. The number of piperidine rings is 1. The smallest absolute Gasteiger partial charge is 0.219 e. The zero-order valence-electron chi connectivity index (χ0n) is 13.8. The predicted octanol–water partition coefficient (Wildman–Crippen LogP) is 2.82. The molecule has 0 atom stereocenters. The standard InChI is InChI=1S/C17H24N4O/c1-11(2)15-10-18-17-14(19-15)9-16(20(17)4)13-5-7-21(8-6-13)12(3)22/h9-11,13H,5-8H2,1-4H3. The van der Waals surface area contributed by atoms with Gasteiger partial charge in [0.2, 0.25) is 5.91 Å². The van der Waals surface area contributed by atoms with Crippen LogP contribution in [0, 0.1) is 0 Å². The summed E-state index contributed by atoms with van der Waals surface area (Å²) in [6.07, 6.45) is 3.91. The monoisotopic (exact) mass is 300 g/mol. The summed E-state index contributed by atoms with van der Waals surface area (Å²) < 4.78 is 2.17. The number of carbonyl (C=O) groups is 1. The molecule has 118 valence electrons. The first-order valence-electron chi connectivity index (χ1n) is 8.05. The molecule has 0 radical (unpaired) electrons. The summed E-state index contributed by atoms with van der Waals surface area (Å²) in [5.41, 5.74) is 4.27. The maximum atomic E-state index is 11.5. The largest absolute Gasteiger partial charge is 0.343 e. The van der Waals surface area contributed by atoms with Gasteiger partial charge in [0.25, 0.3) is 0 Å². The van der Waals surface area contributed by atoms with Gasteiger partial charge in [-0.25, -0.2) is 9.97 Å². The molecule has 0 spiro atoms. The molecule has 1 aliphatic rings. The first-order chi connectivity index (χ1) is 10.5. The lowest BCUT2D eigenvalue weighted by Gasteiger charge is -2.31. The van der Waals surface area contributed by atoms with Gasteiger partial charge in [0.15, 0.2) is 5.65 Å². The number of aromatic nitrogens is 3. The molecule has 0 bridgehead atoms. The summed E-state index contributed by atoms with van der Waals surface area (Å²) in [6, 6.07) is 2.18. The van der Waals surface area contributed by atoms with Gasteiger partial charge in [-0.1, -0.05) is 13.8 Å². The highest BCUT2D eigenvalue weighted by molar-refractivity contribution is 5.74. The van der Waals surface area contributed by atoms with Crippen molar-refractivity contribution in [3.8, 4) is 0 Å². The van der Waals surface area contributed by atoms with E-state index in [0.29, 0.717) is 11.8 Å². The molecule has 0 unspecified atom stereocenters. The molecule has 1 fully saturated rings. The van der Waals surface area contributed by atoms with Crippen molar-refractivity contribution in [3.05, 3.63) is 23.7 Å². The highest BCUT2D eigenvalue weighted by Gasteiger charge is 2.25. The fraction of sp³-hybridized carbons (Fsp3) is 0.588. The number of nitrogens with zero attached hydrogens (tertiary/aromatic N) is 4. The molecule has 2 aromatic rings. The molecule has 5 nitrogen and oxygen atoms in total. The van der Waals surface area contributed by atoms with Crippen LogP contribution in [-0.2, 0) is 11.8 Å². The van der Waals surface area contributed by atoms with Gasteiger partial charge in [0, 0.05) is 38.7 Å². The third kappa shape index (κ3) is 2.60. The van der Waals surface area contributed by atoms with Crippen LogP contribution in [-0.4, -0.2) is 38.4 Å². The number of hydrogen-bond acceptors (Lipinski definition) is 3. The van der Waals surface area contributed by atoms with E-state index in [1.54, 1.807) is 6.92 Å².